The topological polar surface area (TPSA) is 64.3 Å². The fraction of sp³-hybridized carbons (Fsp3) is 0.778. The first-order valence-corrected chi connectivity index (χ1v) is 9.41. The predicted molar refractivity (Wildman–Crippen MR) is 96.2 cm³/mol. The molecule has 3 heterocycles. The third-order valence-electron chi connectivity index (χ3n) is 5.40. The molecule has 0 bridgehead atoms. The summed E-state index contributed by atoms with van der Waals surface area (Å²) in [5.74, 6) is 0.0686. The van der Waals surface area contributed by atoms with Crippen molar-refractivity contribution in [3.05, 3.63) is 11.4 Å². The summed E-state index contributed by atoms with van der Waals surface area (Å²) in [6.45, 7) is 8.85. The van der Waals surface area contributed by atoms with Crippen molar-refractivity contribution in [2.45, 2.75) is 58.4 Å². The van der Waals surface area contributed by atoms with Crippen LogP contribution in [0.1, 0.15) is 49.9 Å². The fourth-order valence-electron chi connectivity index (χ4n) is 4.05. The second-order valence-corrected chi connectivity index (χ2v) is 7.34. The number of amides is 1. The van der Waals surface area contributed by atoms with Gasteiger partial charge in [-0.05, 0) is 59.2 Å². The third kappa shape index (κ3) is 4.36. The van der Waals surface area contributed by atoms with Gasteiger partial charge < -0.3 is 5.32 Å². The number of aryl methyl sites for hydroxylation is 2. The van der Waals surface area contributed by atoms with Gasteiger partial charge in [-0.3, -0.25) is 19.7 Å². The minimum atomic E-state index is 0.0686. The third-order valence-corrected chi connectivity index (χ3v) is 5.40. The number of hydrogen-bond acceptors (Lipinski definition) is 4. The molecule has 2 aliphatic rings. The molecule has 134 valence electrons. The Bertz CT molecular complexity index is 528. The molecule has 0 radical (unpaired) electrons. The lowest BCUT2D eigenvalue weighted by molar-refractivity contribution is -0.117. The molecule has 1 aromatic heterocycles. The molecule has 0 spiro atoms. The first-order chi connectivity index (χ1) is 11.6. The van der Waals surface area contributed by atoms with Gasteiger partial charge in [-0.2, -0.15) is 5.10 Å². The average Bonchev–Trinajstić information content (AvgIpc) is 2.80. The summed E-state index contributed by atoms with van der Waals surface area (Å²) >= 11 is 0. The minimum Gasteiger partial charge on any atom is -0.322 e. The van der Waals surface area contributed by atoms with Crippen molar-refractivity contribution in [3.8, 4) is 0 Å². The second kappa shape index (κ2) is 8.12. The average molecular weight is 333 g/mol. The Labute approximate surface area is 145 Å². The largest absolute Gasteiger partial charge is 0.322 e. The van der Waals surface area contributed by atoms with E-state index in [-0.39, 0.29) is 5.91 Å². The zero-order valence-electron chi connectivity index (χ0n) is 15.1. The Morgan fingerprint density at radius 2 is 1.92 bits per heavy atom. The monoisotopic (exact) mass is 333 g/mol. The van der Waals surface area contributed by atoms with Gasteiger partial charge in [0, 0.05) is 12.6 Å². The SMILES string of the molecule is Cc1n[nH]c(C)c1NC(=O)CN1CCC[C@H](N2CCCCCC2)C1. The maximum Gasteiger partial charge on any atom is 0.238 e. The summed E-state index contributed by atoms with van der Waals surface area (Å²) in [7, 11) is 0. The number of likely N-dealkylation sites (tertiary alicyclic amines) is 2. The summed E-state index contributed by atoms with van der Waals surface area (Å²) in [6.07, 6.45) is 7.87. The molecule has 6 heteroatoms. The van der Waals surface area contributed by atoms with Crippen molar-refractivity contribution in [1.82, 2.24) is 20.0 Å². The van der Waals surface area contributed by atoms with Gasteiger partial charge in [0.25, 0.3) is 0 Å². The van der Waals surface area contributed by atoms with Crippen molar-refractivity contribution in [3.63, 3.8) is 0 Å². The molecule has 0 unspecified atom stereocenters. The maximum atomic E-state index is 12.4. The van der Waals surface area contributed by atoms with E-state index in [0.717, 1.165) is 30.2 Å². The van der Waals surface area contributed by atoms with E-state index < -0.39 is 0 Å². The number of aromatic nitrogens is 2. The van der Waals surface area contributed by atoms with E-state index in [4.69, 9.17) is 0 Å². The molecule has 0 aliphatic carbocycles. The van der Waals surface area contributed by atoms with E-state index >= 15 is 0 Å². The molecule has 1 amide bonds. The zero-order valence-corrected chi connectivity index (χ0v) is 15.1. The van der Waals surface area contributed by atoms with Crippen molar-refractivity contribution in [2.24, 2.45) is 0 Å². The lowest BCUT2D eigenvalue weighted by Crippen LogP contribution is -2.50. The molecule has 2 N–H and O–H groups in total. The molecule has 0 saturated carbocycles. The number of aromatic amines is 1. The fourth-order valence-corrected chi connectivity index (χ4v) is 4.05. The number of hydrogen-bond donors (Lipinski definition) is 2. The molecule has 6 nitrogen and oxygen atoms in total. The zero-order chi connectivity index (χ0) is 16.9. The van der Waals surface area contributed by atoms with Crippen LogP contribution in [0.4, 0.5) is 5.69 Å². The van der Waals surface area contributed by atoms with Gasteiger partial charge in [-0.25, -0.2) is 0 Å². The number of rotatable bonds is 4. The lowest BCUT2D eigenvalue weighted by atomic mass is 10.0. The number of nitrogens with one attached hydrogen (secondary N) is 2. The molecule has 2 aliphatic heterocycles. The van der Waals surface area contributed by atoms with Crippen LogP contribution in [-0.4, -0.2) is 64.7 Å². The van der Waals surface area contributed by atoms with Crippen LogP contribution >= 0.6 is 0 Å². The summed E-state index contributed by atoms with van der Waals surface area (Å²) in [4.78, 5) is 17.4. The van der Waals surface area contributed by atoms with E-state index in [0.29, 0.717) is 12.6 Å². The number of anilines is 1. The number of carbonyl (C=O) groups is 1. The number of H-pyrrole nitrogens is 1. The quantitative estimate of drug-likeness (QED) is 0.887. The Hall–Kier alpha value is -1.40. The lowest BCUT2D eigenvalue weighted by Gasteiger charge is -2.38. The number of carbonyl (C=O) groups excluding carboxylic acids is 1. The highest BCUT2D eigenvalue weighted by molar-refractivity contribution is 5.93. The van der Waals surface area contributed by atoms with Crippen molar-refractivity contribution in [1.29, 1.82) is 0 Å². The highest BCUT2D eigenvalue weighted by atomic mass is 16.2. The second-order valence-electron chi connectivity index (χ2n) is 7.34. The van der Waals surface area contributed by atoms with Crippen molar-refractivity contribution >= 4 is 11.6 Å². The van der Waals surface area contributed by atoms with E-state index in [1.54, 1.807) is 0 Å². The first kappa shape index (κ1) is 17.4. The van der Waals surface area contributed by atoms with Crippen LogP contribution in [-0.2, 0) is 4.79 Å². The Kier molecular flexibility index (Phi) is 5.89. The number of piperidine rings is 1. The number of nitrogens with zero attached hydrogens (tertiary/aromatic N) is 3. The van der Waals surface area contributed by atoms with Crippen LogP contribution in [0.15, 0.2) is 0 Å². The molecule has 0 aromatic carbocycles. The molecule has 24 heavy (non-hydrogen) atoms. The Morgan fingerprint density at radius 3 is 2.58 bits per heavy atom. The van der Waals surface area contributed by atoms with Gasteiger partial charge in [0.15, 0.2) is 0 Å². The van der Waals surface area contributed by atoms with Gasteiger partial charge in [0.05, 0.1) is 23.6 Å². The van der Waals surface area contributed by atoms with Crippen LogP contribution < -0.4 is 5.32 Å². The van der Waals surface area contributed by atoms with E-state index in [2.05, 4.69) is 25.3 Å². The van der Waals surface area contributed by atoms with E-state index in [9.17, 15) is 4.79 Å². The van der Waals surface area contributed by atoms with Crippen LogP contribution in [0.25, 0.3) is 0 Å². The van der Waals surface area contributed by atoms with E-state index in [1.807, 2.05) is 13.8 Å². The maximum absolute atomic E-state index is 12.4. The Balaban J connectivity index is 1.52. The first-order valence-electron chi connectivity index (χ1n) is 9.41. The molecule has 1 atom stereocenters. The van der Waals surface area contributed by atoms with Gasteiger partial charge >= 0.3 is 0 Å². The van der Waals surface area contributed by atoms with Gasteiger partial charge in [0.2, 0.25) is 5.91 Å². The van der Waals surface area contributed by atoms with Crippen LogP contribution in [0, 0.1) is 13.8 Å². The highest BCUT2D eigenvalue weighted by Gasteiger charge is 2.26. The van der Waals surface area contributed by atoms with Crippen molar-refractivity contribution in [2.75, 3.05) is 38.0 Å². The molecular weight excluding hydrogens is 302 g/mol. The van der Waals surface area contributed by atoms with Crippen LogP contribution in [0.5, 0.6) is 0 Å². The molecule has 2 fully saturated rings. The predicted octanol–water partition coefficient (Wildman–Crippen LogP) is 2.31. The smallest absolute Gasteiger partial charge is 0.238 e. The molecule has 3 rings (SSSR count). The Morgan fingerprint density at radius 1 is 1.17 bits per heavy atom. The molecule has 2 saturated heterocycles. The van der Waals surface area contributed by atoms with Gasteiger partial charge in [-0.1, -0.05) is 12.8 Å². The normalized spacial score (nSPS) is 23.8. The van der Waals surface area contributed by atoms with Crippen LogP contribution in [0.2, 0.25) is 0 Å². The summed E-state index contributed by atoms with van der Waals surface area (Å²) in [5.41, 5.74) is 2.60. The van der Waals surface area contributed by atoms with Crippen molar-refractivity contribution < 1.29 is 4.79 Å². The standard InChI is InChI=1S/C18H31N5O/c1-14-18(15(2)21-20-14)19-17(24)13-22-9-7-8-16(12-22)23-10-5-3-4-6-11-23/h16H,3-13H2,1-2H3,(H,19,24)(H,20,21)/t16-/m0/s1. The van der Waals surface area contributed by atoms with Gasteiger partial charge in [0.1, 0.15) is 0 Å². The summed E-state index contributed by atoms with van der Waals surface area (Å²) in [6, 6.07) is 0.627. The minimum absolute atomic E-state index is 0.0686. The highest BCUT2D eigenvalue weighted by Crippen LogP contribution is 2.20. The van der Waals surface area contributed by atoms with Crippen LogP contribution in [0.3, 0.4) is 0 Å². The van der Waals surface area contributed by atoms with Gasteiger partial charge in [-0.15, -0.1) is 0 Å². The summed E-state index contributed by atoms with van der Waals surface area (Å²) < 4.78 is 0. The van der Waals surface area contributed by atoms with E-state index in [1.165, 1.54) is 51.6 Å². The summed E-state index contributed by atoms with van der Waals surface area (Å²) in [5, 5.41) is 10.1. The molecular formula is C18H31N5O. The molecule has 1 aromatic rings.